The van der Waals surface area contributed by atoms with Crippen molar-refractivity contribution >= 4 is 0 Å². The Morgan fingerprint density at radius 3 is 1.92 bits per heavy atom. The van der Waals surface area contributed by atoms with Crippen molar-refractivity contribution in [1.29, 1.82) is 0 Å². The zero-order valence-corrected chi connectivity index (χ0v) is 18.4. The molecule has 0 heterocycles. The summed E-state index contributed by atoms with van der Waals surface area (Å²) in [5.41, 5.74) is 1.36. The first-order valence-electron chi connectivity index (χ1n) is 9.19. The molecule has 0 radical (unpaired) electrons. The number of aryl methyl sites for hydroxylation is 1. The van der Waals surface area contributed by atoms with E-state index in [0.29, 0.717) is 13.2 Å². The summed E-state index contributed by atoms with van der Waals surface area (Å²) in [7, 11) is 0. The molecule has 0 saturated carbocycles. The van der Waals surface area contributed by atoms with E-state index < -0.39 is 5.97 Å². The zero-order valence-electron chi connectivity index (χ0n) is 17.4. The second-order valence-electron chi connectivity index (χ2n) is 5.99. The summed E-state index contributed by atoms with van der Waals surface area (Å²) in [6, 6.07) is 8.28. The number of unbranched alkanes of at least 4 members (excludes halogenated alkanes) is 5. The molecule has 0 atom stereocenters. The molecule has 134 valence electrons. The first-order chi connectivity index (χ1) is 11.1. The van der Waals surface area contributed by atoms with E-state index in [1.165, 1.54) is 44.1 Å². The molecule has 0 fully saturated rings. The summed E-state index contributed by atoms with van der Waals surface area (Å²) < 4.78 is 17.0. The van der Waals surface area contributed by atoms with Crippen molar-refractivity contribution < 1.29 is 45.2 Å². The average Bonchev–Trinajstić information content (AvgIpc) is 2.52. The third-order valence-electron chi connectivity index (χ3n) is 3.86. The zero-order chi connectivity index (χ0) is 17.0. The third kappa shape index (κ3) is 10.0. The molecule has 0 N–H and O–H groups in total. The average molecular weight is 346 g/mol. The topological polar surface area (TPSA) is 27.7 Å². The Morgan fingerprint density at radius 1 is 0.833 bits per heavy atom. The van der Waals surface area contributed by atoms with Crippen molar-refractivity contribution in [2.24, 2.45) is 0 Å². The predicted molar refractivity (Wildman–Crippen MR) is 96.9 cm³/mol. The fourth-order valence-corrected chi connectivity index (χ4v) is 2.67. The van der Waals surface area contributed by atoms with Crippen molar-refractivity contribution in [1.82, 2.24) is 0 Å². The summed E-state index contributed by atoms with van der Waals surface area (Å²) >= 11 is 0. The number of ether oxygens (including phenoxy) is 3. The summed E-state index contributed by atoms with van der Waals surface area (Å²) in [4.78, 5) is 0. The van der Waals surface area contributed by atoms with Gasteiger partial charge in [-0.15, -0.1) is 0 Å². The molecule has 0 aliphatic heterocycles. The summed E-state index contributed by atoms with van der Waals surface area (Å²) in [5, 5.41) is 0. The molecule has 24 heavy (non-hydrogen) atoms. The molecule has 3 nitrogen and oxygen atoms in total. The molecule has 0 unspecified atom stereocenters. The Balaban J connectivity index is 0. The van der Waals surface area contributed by atoms with E-state index in [0.717, 1.165) is 12.2 Å². The van der Waals surface area contributed by atoms with Crippen LogP contribution >= 0.6 is 0 Å². The van der Waals surface area contributed by atoms with Crippen LogP contribution < -0.4 is 34.3 Å². The van der Waals surface area contributed by atoms with Crippen molar-refractivity contribution in [3.05, 3.63) is 29.8 Å². The van der Waals surface area contributed by atoms with Gasteiger partial charge in [0.2, 0.25) is 0 Å². The van der Waals surface area contributed by atoms with Crippen LogP contribution in [0.2, 0.25) is 0 Å². The second-order valence-corrected chi connectivity index (χ2v) is 5.99. The van der Waals surface area contributed by atoms with Gasteiger partial charge >= 0.3 is 35.5 Å². The normalized spacial score (nSPS) is 11.2. The number of rotatable bonds is 13. The fourth-order valence-electron chi connectivity index (χ4n) is 2.67. The smallest absolute Gasteiger partial charge is 1.00 e. The molecule has 0 aromatic heterocycles. The molecule has 0 aliphatic rings. The summed E-state index contributed by atoms with van der Waals surface area (Å²) in [6.07, 6.45) is 9.13. The Morgan fingerprint density at radius 2 is 1.38 bits per heavy atom. The van der Waals surface area contributed by atoms with Gasteiger partial charge in [0, 0.05) is 6.92 Å². The van der Waals surface area contributed by atoms with Crippen LogP contribution in [-0.4, -0.2) is 19.2 Å². The van der Waals surface area contributed by atoms with E-state index in [1.54, 1.807) is 0 Å². The van der Waals surface area contributed by atoms with Crippen LogP contribution in [0.4, 0.5) is 0 Å². The van der Waals surface area contributed by atoms with E-state index in [2.05, 4.69) is 19.1 Å². The monoisotopic (exact) mass is 346 g/mol. The van der Waals surface area contributed by atoms with Crippen molar-refractivity contribution in [3.63, 3.8) is 0 Å². The van der Waals surface area contributed by atoms with Gasteiger partial charge in [-0.05, 0) is 44.4 Å². The summed E-state index contributed by atoms with van der Waals surface area (Å²) in [5.74, 6) is -0.231. The van der Waals surface area contributed by atoms with Gasteiger partial charge in [-0.1, -0.05) is 51.2 Å². The first-order valence-corrected chi connectivity index (χ1v) is 9.19. The van der Waals surface area contributed by atoms with Crippen LogP contribution in [0.25, 0.3) is 0 Å². The molecular formula is C20H35NaO3. The van der Waals surface area contributed by atoms with Gasteiger partial charge in [0.1, 0.15) is 5.75 Å². The number of hydrogen-bond donors (Lipinski definition) is 0. The van der Waals surface area contributed by atoms with Gasteiger partial charge < -0.3 is 15.6 Å². The Kier molecular flexibility index (Phi) is 14.1. The van der Waals surface area contributed by atoms with Gasteiger partial charge in [-0.2, -0.15) is 0 Å². The summed E-state index contributed by atoms with van der Waals surface area (Å²) in [6.45, 7) is 9.03. The molecule has 1 aromatic carbocycles. The molecule has 0 saturated heterocycles. The molecule has 0 amide bonds. The van der Waals surface area contributed by atoms with E-state index in [1.807, 2.05) is 32.9 Å². The predicted octanol–water partition coefficient (Wildman–Crippen LogP) is 2.83. The van der Waals surface area contributed by atoms with E-state index in [-0.39, 0.29) is 31.0 Å². The maximum atomic E-state index is 5.86. The van der Waals surface area contributed by atoms with Gasteiger partial charge in [-0.25, -0.2) is 0 Å². The van der Waals surface area contributed by atoms with Gasteiger partial charge in [0.05, 0.1) is 13.2 Å². The molecule has 0 bridgehead atoms. The standard InChI is InChI=1S/C20H34O3.Na.H/c1-5-8-9-10-11-12-13-18-14-16-19(17-15-18)23-20(4,21-6-2)22-7-3;;/h14-17H,5-13H2,1-4H3;;/q;+1;-1. The Hall–Kier alpha value is -0.0600. The first kappa shape index (κ1) is 23.9. The minimum atomic E-state index is -1.01. The van der Waals surface area contributed by atoms with Gasteiger partial charge in [-0.3, -0.25) is 0 Å². The third-order valence-corrected chi connectivity index (χ3v) is 3.86. The molecule has 1 rings (SSSR count). The van der Waals surface area contributed by atoms with Crippen LogP contribution in [0.15, 0.2) is 24.3 Å². The maximum Gasteiger partial charge on any atom is 1.00 e. The van der Waals surface area contributed by atoms with Crippen LogP contribution in [0.3, 0.4) is 0 Å². The quantitative estimate of drug-likeness (QED) is 0.312. The van der Waals surface area contributed by atoms with Gasteiger partial charge in [0.25, 0.3) is 0 Å². The maximum absolute atomic E-state index is 5.86. The van der Waals surface area contributed by atoms with Crippen LogP contribution in [0.1, 0.15) is 73.2 Å². The molecule has 4 heteroatoms. The number of benzene rings is 1. The fraction of sp³-hybridized carbons (Fsp3) is 0.700. The molecule has 0 aliphatic carbocycles. The van der Waals surface area contributed by atoms with Crippen LogP contribution in [-0.2, 0) is 15.9 Å². The molecule has 0 spiro atoms. The SMILES string of the molecule is CCCCCCCCc1ccc(OC(C)(OCC)OCC)cc1.[H-].[Na+]. The Bertz CT molecular complexity index is 406. The Labute approximate surface area is 172 Å². The van der Waals surface area contributed by atoms with Crippen LogP contribution in [0, 0.1) is 0 Å². The van der Waals surface area contributed by atoms with Gasteiger partial charge in [0.15, 0.2) is 0 Å². The van der Waals surface area contributed by atoms with Crippen molar-refractivity contribution in [2.75, 3.05) is 13.2 Å². The molecule has 1 aromatic rings. The molecular weight excluding hydrogens is 311 g/mol. The van der Waals surface area contributed by atoms with Crippen LogP contribution in [0.5, 0.6) is 5.75 Å². The minimum absolute atomic E-state index is 0. The van der Waals surface area contributed by atoms with E-state index >= 15 is 0 Å². The van der Waals surface area contributed by atoms with E-state index in [4.69, 9.17) is 14.2 Å². The minimum Gasteiger partial charge on any atom is -1.00 e. The van der Waals surface area contributed by atoms with Crippen molar-refractivity contribution in [2.45, 2.75) is 78.6 Å². The largest absolute Gasteiger partial charge is 1.00 e. The number of hydrogen-bond acceptors (Lipinski definition) is 3. The van der Waals surface area contributed by atoms with Crippen molar-refractivity contribution in [3.8, 4) is 5.75 Å². The second kappa shape index (κ2) is 14.1. The van der Waals surface area contributed by atoms with E-state index in [9.17, 15) is 0 Å².